The number of rotatable bonds is 3. The molecule has 0 N–H and O–H groups in total. The first-order valence-corrected chi connectivity index (χ1v) is 5.66. The van der Waals surface area contributed by atoms with Gasteiger partial charge in [0.05, 0.1) is 12.2 Å². The minimum atomic E-state index is 0.0358. The van der Waals surface area contributed by atoms with Gasteiger partial charge in [-0.1, -0.05) is 11.6 Å². The fourth-order valence-electron chi connectivity index (χ4n) is 1.70. The van der Waals surface area contributed by atoms with Crippen molar-refractivity contribution in [2.75, 3.05) is 13.2 Å². The van der Waals surface area contributed by atoms with Crippen molar-refractivity contribution >= 4 is 17.9 Å². The fourth-order valence-corrected chi connectivity index (χ4v) is 1.88. The highest BCUT2D eigenvalue weighted by atomic mass is 35.5. The lowest BCUT2D eigenvalue weighted by Crippen LogP contribution is -2.28. The quantitative estimate of drug-likeness (QED) is 0.762. The molecule has 1 atom stereocenters. The smallest absolute Gasteiger partial charge is 0.153 e. The first-order valence-electron chi connectivity index (χ1n) is 5.29. The molecule has 4 heteroatoms. The van der Waals surface area contributed by atoms with E-state index in [1.807, 2.05) is 0 Å². The zero-order valence-electron chi connectivity index (χ0n) is 8.82. The van der Waals surface area contributed by atoms with E-state index < -0.39 is 0 Å². The molecule has 1 aromatic rings. The third-order valence-corrected chi connectivity index (χ3v) is 2.75. The zero-order chi connectivity index (χ0) is 11.4. The Morgan fingerprint density at radius 1 is 1.50 bits per heavy atom. The van der Waals surface area contributed by atoms with Crippen LogP contribution in [0.1, 0.15) is 23.2 Å². The van der Waals surface area contributed by atoms with E-state index in [0.29, 0.717) is 22.9 Å². The molecule has 0 aromatic heterocycles. The maximum Gasteiger partial charge on any atom is 0.153 e. The Hall–Kier alpha value is -1.06. The molecule has 3 nitrogen and oxygen atoms in total. The number of benzene rings is 1. The molecule has 1 aliphatic heterocycles. The minimum Gasteiger partial charge on any atom is -0.487 e. The maximum absolute atomic E-state index is 10.9. The Morgan fingerprint density at radius 3 is 3.06 bits per heavy atom. The molecule has 0 spiro atoms. The SMILES string of the molecule is O=Cc1cc(Cl)ccc1OC1CCCOC1. The van der Waals surface area contributed by atoms with E-state index in [9.17, 15) is 4.79 Å². The average Bonchev–Trinajstić information content (AvgIpc) is 2.33. The lowest BCUT2D eigenvalue weighted by molar-refractivity contribution is 0.00720. The van der Waals surface area contributed by atoms with Crippen molar-refractivity contribution in [3.05, 3.63) is 28.8 Å². The van der Waals surface area contributed by atoms with Gasteiger partial charge in [-0.25, -0.2) is 0 Å². The molecule has 0 amide bonds. The zero-order valence-corrected chi connectivity index (χ0v) is 9.57. The Kier molecular flexibility index (Phi) is 3.80. The topological polar surface area (TPSA) is 35.5 Å². The number of halogens is 1. The maximum atomic E-state index is 10.9. The first kappa shape index (κ1) is 11.4. The molecule has 0 aliphatic carbocycles. The summed E-state index contributed by atoms with van der Waals surface area (Å²) in [5.41, 5.74) is 0.484. The van der Waals surface area contributed by atoms with Crippen molar-refractivity contribution in [2.24, 2.45) is 0 Å². The lowest BCUT2D eigenvalue weighted by atomic mass is 10.1. The van der Waals surface area contributed by atoms with Crippen molar-refractivity contribution in [1.29, 1.82) is 0 Å². The third-order valence-electron chi connectivity index (χ3n) is 2.51. The summed E-state index contributed by atoms with van der Waals surface area (Å²) in [6.07, 6.45) is 2.74. The van der Waals surface area contributed by atoms with Gasteiger partial charge in [-0.15, -0.1) is 0 Å². The molecule has 0 saturated carbocycles. The first-order chi connectivity index (χ1) is 7.79. The molecule has 1 heterocycles. The van der Waals surface area contributed by atoms with Crippen molar-refractivity contribution in [1.82, 2.24) is 0 Å². The minimum absolute atomic E-state index is 0.0358. The van der Waals surface area contributed by atoms with Crippen LogP contribution in [0.5, 0.6) is 5.75 Å². The fraction of sp³-hybridized carbons (Fsp3) is 0.417. The average molecular weight is 241 g/mol. The molecule has 0 bridgehead atoms. The van der Waals surface area contributed by atoms with Crippen LogP contribution < -0.4 is 4.74 Å². The number of ether oxygens (including phenoxy) is 2. The van der Waals surface area contributed by atoms with Gasteiger partial charge in [0.15, 0.2) is 6.29 Å². The van der Waals surface area contributed by atoms with E-state index in [0.717, 1.165) is 25.7 Å². The molecule has 86 valence electrons. The Balaban J connectivity index is 2.10. The number of aldehydes is 1. The van der Waals surface area contributed by atoms with E-state index in [-0.39, 0.29) is 6.10 Å². The number of carbonyl (C=O) groups excluding carboxylic acids is 1. The van der Waals surface area contributed by atoms with Crippen molar-refractivity contribution < 1.29 is 14.3 Å². The Labute approximate surface area is 99.3 Å². The summed E-state index contributed by atoms with van der Waals surface area (Å²) >= 11 is 5.80. The summed E-state index contributed by atoms with van der Waals surface area (Å²) in [6, 6.07) is 5.04. The summed E-state index contributed by atoms with van der Waals surface area (Å²) in [7, 11) is 0. The second-order valence-electron chi connectivity index (χ2n) is 3.76. The highest BCUT2D eigenvalue weighted by molar-refractivity contribution is 6.30. The van der Waals surface area contributed by atoms with Gasteiger partial charge in [-0.2, -0.15) is 0 Å². The molecule has 1 unspecified atom stereocenters. The van der Waals surface area contributed by atoms with Gasteiger partial charge < -0.3 is 9.47 Å². The predicted octanol–water partition coefficient (Wildman–Crippen LogP) is 2.71. The van der Waals surface area contributed by atoms with Gasteiger partial charge in [-0.05, 0) is 31.0 Å². The van der Waals surface area contributed by atoms with E-state index in [1.165, 1.54) is 0 Å². The molecule has 1 aliphatic rings. The summed E-state index contributed by atoms with van der Waals surface area (Å²) in [5.74, 6) is 0.579. The van der Waals surface area contributed by atoms with E-state index in [1.54, 1.807) is 18.2 Å². The molecule has 0 radical (unpaired) electrons. The highest BCUT2D eigenvalue weighted by Gasteiger charge is 2.16. The standard InChI is InChI=1S/C12H13ClO3/c13-10-3-4-12(9(6-10)7-14)16-11-2-1-5-15-8-11/h3-4,6-7,11H,1-2,5,8H2. The van der Waals surface area contributed by atoms with Crippen LogP contribution in [0.2, 0.25) is 5.02 Å². The second-order valence-corrected chi connectivity index (χ2v) is 4.19. The van der Waals surface area contributed by atoms with Crippen LogP contribution >= 0.6 is 11.6 Å². The number of carbonyl (C=O) groups is 1. The van der Waals surface area contributed by atoms with E-state index in [2.05, 4.69) is 0 Å². The van der Waals surface area contributed by atoms with Gasteiger partial charge >= 0.3 is 0 Å². The van der Waals surface area contributed by atoms with Gasteiger partial charge in [-0.3, -0.25) is 4.79 Å². The van der Waals surface area contributed by atoms with Crippen LogP contribution in [-0.4, -0.2) is 25.6 Å². The molecule has 1 aromatic carbocycles. The Bertz CT molecular complexity index is 373. The van der Waals surface area contributed by atoms with Crippen molar-refractivity contribution in [2.45, 2.75) is 18.9 Å². The normalized spacial score (nSPS) is 20.4. The van der Waals surface area contributed by atoms with Crippen molar-refractivity contribution in [3.63, 3.8) is 0 Å². The third kappa shape index (κ3) is 2.74. The summed E-state index contributed by atoms with van der Waals surface area (Å²) in [6.45, 7) is 1.38. The molecule has 1 saturated heterocycles. The van der Waals surface area contributed by atoms with E-state index >= 15 is 0 Å². The van der Waals surface area contributed by atoms with Gasteiger partial charge in [0.1, 0.15) is 11.9 Å². The molecule has 2 rings (SSSR count). The largest absolute Gasteiger partial charge is 0.487 e. The monoisotopic (exact) mass is 240 g/mol. The molecule has 1 fully saturated rings. The van der Waals surface area contributed by atoms with Crippen LogP contribution in [0.3, 0.4) is 0 Å². The van der Waals surface area contributed by atoms with Gasteiger partial charge in [0, 0.05) is 11.6 Å². The summed E-state index contributed by atoms with van der Waals surface area (Å²) in [4.78, 5) is 10.9. The summed E-state index contributed by atoms with van der Waals surface area (Å²) < 4.78 is 11.0. The van der Waals surface area contributed by atoms with Crippen molar-refractivity contribution in [3.8, 4) is 5.75 Å². The second kappa shape index (κ2) is 5.32. The van der Waals surface area contributed by atoms with Crippen LogP contribution in [0.15, 0.2) is 18.2 Å². The van der Waals surface area contributed by atoms with Gasteiger partial charge in [0.25, 0.3) is 0 Å². The highest BCUT2D eigenvalue weighted by Crippen LogP contribution is 2.24. The predicted molar refractivity (Wildman–Crippen MR) is 61.3 cm³/mol. The number of hydrogen-bond donors (Lipinski definition) is 0. The van der Waals surface area contributed by atoms with Crippen LogP contribution in [0.4, 0.5) is 0 Å². The lowest BCUT2D eigenvalue weighted by Gasteiger charge is -2.23. The summed E-state index contributed by atoms with van der Waals surface area (Å²) in [5, 5.41) is 0.536. The van der Waals surface area contributed by atoms with Crippen LogP contribution in [0, 0.1) is 0 Å². The van der Waals surface area contributed by atoms with Crippen LogP contribution in [0.25, 0.3) is 0 Å². The van der Waals surface area contributed by atoms with Crippen LogP contribution in [-0.2, 0) is 4.74 Å². The molecule has 16 heavy (non-hydrogen) atoms. The number of hydrogen-bond acceptors (Lipinski definition) is 3. The molecular formula is C12H13ClO3. The van der Waals surface area contributed by atoms with Gasteiger partial charge in [0.2, 0.25) is 0 Å². The van der Waals surface area contributed by atoms with E-state index in [4.69, 9.17) is 21.1 Å². The molecular weight excluding hydrogens is 228 g/mol. The Morgan fingerprint density at radius 2 is 2.38 bits per heavy atom.